The van der Waals surface area contributed by atoms with Crippen molar-refractivity contribution in [2.24, 2.45) is 0 Å². The van der Waals surface area contributed by atoms with E-state index in [-0.39, 0.29) is 39.3 Å². The van der Waals surface area contributed by atoms with E-state index in [2.05, 4.69) is 39.1 Å². The lowest BCUT2D eigenvalue weighted by Gasteiger charge is -2.24. The molecule has 0 spiro atoms. The topological polar surface area (TPSA) is 97.4 Å². The van der Waals surface area contributed by atoms with E-state index < -0.39 is 5.91 Å². The molecule has 34 heavy (non-hydrogen) atoms. The summed E-state index contributed by atoms with van der Waals surface area (Å²) in [4.78, 5) is 21.3. The minimum absolute atomic E-state index is 0.0550. The van der Waals surface area contributed by atoms with Crippen molar-refractivity contribution in [3.8, 4) is 11.6 Å². The fourth-order valence-corrected chi connectivity index (χ4v) is 3.72. The van der Waals surface area contributed by atoms with Gasteiger partial charge in [-0.15, -0.1) is 0 Å². The van der Waals surface area contributed by atoms with Gasteiger partial charge in [0.2, 0.25) is 11.8 Å². The van der Waals surface area contributed by atoms with Gasteiger partial charge < -0.3 is 25.4 Å². The van der Waals surface area contributed by atoms with Crippen molar-refractivity contribution in [3.05, 3.63) is 70.5 Å². The molecule has 2 heterocycles. The number of allylic oxidation sites excluding steroid dienone is 3. The zero-order valence-corrected chi connectivity index (χ0v) is 20.6. The number of nitrogens with one attached hydrogen (secondary N) is 3. The van der Waals surface area contributed by atoms with Gasteiger partial charge in [-0.05, 0) is 62.7 Å². The first kappa shape index (κ1) is 25.6. The fourth-order valence-electron chi connectivity index (χ4n) is 3.36. The molecule has 0 saturated carbocycles. The number of aryl methyl sites for hydroxylation is 1. The van der Waals surface area contributed by atoms with Gasteiger partial charge in [0.05, 0.1) is 22.9 Å². The molecule has 1 fully saturated rings. The average molecular weight is 504 g/mol. The number of hydrogen-bond donors (Lipinski definition) is 3. The first-order valence-corrected chi connectivity index (χ1v) is 11.4. The highest BCUT2D eigenvalue weighted by atomic mass is 35.5. The molecule has 1 amide bonds. The molecule has 1 aromatic heterocycles. The Morgan fingerprint density at radius 3 is 2.65 bits per heavy atom. The van der Waals surface area contributed by atoms with E-state index in [4.69, 9.17) is 32.7 Å². The number of nitrogens with zero attached hydrogens (tertiary/aromatic N) is 2. The van der Waals surface area contributed by atoms with Crippen LogP contribution in [0.2, 0.25) is 0 Å². The molecule has 3 rings (SSSR count). The van der Waals surface area contributed by atoms with Gasteiger partial charge in [-0.2, -0.15) is 4.98 Å². The van der Waals surface area contributed by atoms with Crippen LogP contribution in [0.1, 0.15) is 28.8 Å². The number of amides is 1. The molecule has 3 N–H and O–H groups in total. The van der Waals surface area contributed by atoms with Crippen LogP contribution in [0, 0.1) is 6.92 Å². The molecule has 1 aliphatic rings. The number of carbonyl (C=O) groups is 1. The molecule has 8 nitrogen and oxygen atoms in total. The molecule has 10 heteroatoms. The van der Waals surface area contributed by atoms with Crippen molar-refractivity contribution in [2.75, 3.05) is 25.5 Å². The van der Waals surface area contributed by atoms with E-state index >= 15 is 0 Å². The Morgan fingerprint density at radius 2 is 2.03 bits per heavy atom. The molecular formula is C24H27Cl2N5O3. The number of benzene rings is 1. The maximum Gasteiger partial charge on any atom is 0.262 e. The highest BCUT2D eigenvalue weighted by molar-refractivity contribution is 6.36. The summed E-state index contributed by atoms with van der Waals surface area (Å²) in [7, 11) is 1.41. The third-order valence-corrected chi connectivity index (χ3v) is 5.66. The summed E-state index contributed by atoms with van der Waals surface area (Å²) < 4.78 is 11.4. The molecule has 0 aliphatic carbocycles. The average Bonchev–Trinajstić information content (AvgIpc) is 2.84. The Hall–Kier alpha value is -3.07. The summed E-state index contributed by atoms with van der Waals surface area (Å²) in [6.45, 7) is 11.1. The first-order valence-electron chi connectivity index (χ1n) is 10.7. The molecule has 1 aliphatic heterocycles. The highest BCUT2D eigenvalue weighted by Gasteiger charge is 2.19. The monoisotopic (exact) mass is 503 g/mol. The van der Waals surface area contributed by atoms with Crippen LogP contribution in [0.3, 0.4) is 0 Å². The Bertz CT molecular complexity index is 1110. The van der Waals surface area contributed by atoms with E-state index in [1.807, 2.05) is 25.1 Å². The maximum absolute atomic E-state index is 12.7. The number of ether oxygens (including phenoxy) is 2. The number of carbonyl (C=O) groups excluding carboxylic acids is 1. The summed E-state index contributed by atoms with van der Waals surface area (Å²) in [5.41, 5.74) is 2.00. The number of piperidine rings is 1. The molecule has 2 aromatic rings. The molecule has 180 valence electrons. The van der Waals surface area contributed by atoms with Crippen molar-refractivity contribution in [2.45, 2.75) is 25.9 Å². The van der Waals surface area contributed by atoms with Crippen LogP contribution in [0.4, 0.5) is 11.6 Å². The summed E-state index contributed by atoms with van der Waals surface area (Å²) in [5.74, 6) is 0.634. The summed E-state index contributed by atoms with van der Waals surface area (Å²) in [5, 5.41) is 9.24. The number of hydrogen-bond acceptors (Lipinski definition) is 7. The molecule has 0 bridgehead atoms. The van der Waals surface area contributed by atoms with Gasteiger partial charge in [0.15, 0.2) is 0 Å². The van der Waals surface area contributed by atoms with Gasteiger partial charge in [-0.3, -0.25) is 4.79 Å². The normalized spacial score (nSPS) is 14.6. The molecule has 0 unspecified atom stereocenters. The predicted molar refractivity (Wildman–Crippen MR) is 135 cm³/mol. The van der Waals surface area contributed by atoms with Gasteiger partial charge in [-0.1, -0.05) is 36.4 Å². The molecule has 0 radical (unpaired) electrons. The quantitative estimate of drug-likeness (QED) is 0.423. The van der Waals surface area contributed by atoms with Crippen LogP contribution in [-0.2, 0) is 0 Å². The Kier molecular flexibility index (Phi) is 8.92. The second-order valence-electron chi connectivity index (χ2n) is 7.58. The zero-order valence-electron chi connectivity index (χ0n) is 19.1. The van der Waals surface area contributed by atoms with Crippen LogP contribution >= 0.6 is 23.2 Å². The second-order valence-corrected chi connectivity index (χ2v) is 8.44. The molecular weight excluding hydrogens is 477 g/mol. The van der Waals surface area contributed by atoms with E-state index in [9.17, 15) is 4.79 Å². The van der Waals surface area contributed by atoms with E-state index in [0.29, 0.717) is 0 Å². The molecule has 1 aromatic carbocycles. The first-order chi connectivity index (χ1) is 16.3. The molecule has 0 atom stereocenters. The van der Waals surface area contributed by atoms with Gasteiger partial charge in [-0.25, -0.2) is 4.98 Å². The van der Waals surface area contributed by atoms with Gasteiger partial charge >= 0.3 is 0 Å². The fraction of sp³-hybridized carbons (Fsp3) is 0.292. The van der Waals surface area contributed by atoms with Crippen LogP contribution in [0.15, 0.2) is 59.4 Å². The zero-order chi connectivity index (χ0) is 24.7. The SMILES string of the molecule is C=C/C(Cl)=C(/NC(=O)c1cnc(Nc2ccc(OC3CCNCC3)c(C)c2)nc1OC)C(=C)Cl. The minimum atomic E-state index is -0.560. The standard InChI is InChI=1S/C24H27Cl2N5O3/c1-5-19(26)21(15(3)25)30-22(32)18-13-28-24(31-23(18)33-4)29-16-6-7-20(14(2)12-16)34-17-8-10-27-11-9-17/h5-7,12-13,17,27H,1,3,8-11H2,2,4H3,(H,30,32)(H,28,29,31)/b21-19-. The second kappa shape index (κ2) is 11.9. The molecule has 1 saturated heterocycles. The Morgan fingerprint density at radius 1 is 1.29 bits per heavy atom. The van der Waals surface area contributed by atoms with Gasteiger partial charge in [0.1, 0.15) is 17.4 Å². The lowest BCUT2D eigenvalue weighted by atomic mass is 10.1. The van der Waals surface area contributed by atoms with E-state index in [0.717, 1.165) is 42.9 Å². The maximum atomic E-state index is 12.7. The number of rotatable bonds is 9. The number of anilines is 2. The van der Waals surface area contributed by atoms with Crippen molar-refractivity contribution in [3.63, 3.8) is 0 Å². The summed E-state index contributed by atoms with van der Waals surface area (Å²) in [6.07, 6.45) is 4.89. The smallest absolute Gasteiger partial charge is 0.262 e. The van der Waals surface area contributed by atoms with Gasteiger partial charge in [0, 0.05) is 11.9 Å². The Labute approximate surface area is 209 Å². The lowest BCUT2D eigenvalue weighted by molar-refractivity contribution is 0.0962. The van der Waals surface area contributed by atoms with Crippen molar-refractivity contribution >= 4 is 40.7 Å². The van der Waals surface area contributed by atoms with Crippen LogP contribution in [-0.4, -0.2) is 42.2 Å². The van der Waals surface area contributed by atoms with E-state index in [1.165, 1.54) is 19.4 Å². The van der Waals surface area contributed by atoms with E-state index in [1.54, 1.807) is 0 Å². The minimum Gasteiger partial charge on any atom is -0.490 e. The summed E-state index contributed by atoms with van der Waals surface area (Å²) >= 11 is 12.0. The number of aromatic nitrogens is 2. The largest absolute Gasteiger partial charge is 0.490 e. The predicted octanol–water partition coefficient (Wildman–Crippen LogP) is 4.79. The third-order valence-electron chi connectivity index (χ3n) is 5.13. The number of methoxy groups -OCH3 is 1. The van der Waals surface area contributed by atoms with Gasteiger partial charge in [0.25, 0.3) is 5.91 Å². The Balaban J connectivity index is 1.74. The lowest BCUT2D eigenvalue weighted by Crippen LogP contribution is -2.34. The van der Waals surface area contributed by atoms with Crippen molar-refractivity contribution < 1.29 is 14.3 Å². The summed E-state index contributed by atoms with van der Waals surface area (Å²) in [6, 6.07) is 5.77. The highest BCUT2D eigenvalue weighted by Crippen LogP contribution is 2.27. The van der Waals surface area contributed by atoms with Crippen molar-refractivity contribution in [1.29, 1.82) is 0 Å². The van der Waals surface area contributed by atoms with Crippen molar-refractivity contribution in [1.82, 2.24) is 20.6 Å². The third kappa shape index (κ3) is 6.50. The number of halogens is 2. The van der Waals surface area contributed by atoms with Crippen LogP contribution in [0.25, 0.3) is 0 Å². The van der Waals surface area contributed by atoms with Crippen LogP contribution < -0.4 is 25.4 Å². The van der Waals surface area contributed by atoms with Crippen LogP contribution in [0.5, 0.6) is 11.6 Å².